The molecule has 2 rings (SSSR count). The zero-order valence-corrected chi connectivity index (χ0v) is 9.85. The first kappa shape index (κ1) is 11.8. The lowest BCUT2D eigenvalue weighted by atomic mass is 10.1. The van der Waals surface area contributed by atoms with E-state index in [1.807, 2.05) is 25.2 Å². The molecule has 2 aromatic rings. The minimum atomic E-state index is -0.0221. The number of hydrogen-bond donors (Lipinski definition) is 2. The van der Waals surface area contributed by atoms with Crippen molar-refractivity contribution in [2.45, 2.75) is 13.2 Å². The van der Waals surface area contributed by atoms with E-state index >= 15 is 0 Å². The molecule has 0 atom stereocenters. The standard InChI is InChI=1S/C14H16N2O/c1-15-9-11-5-7-12(8-6-11)14-4-2-3-13(10-17)16-14/h2-8,15,17H,9-10H2,1H3. The molecular weight excluding hydrogens is 212 g/mol. The smallest absolute Gasteiger partial charge is 0.0853 e. The first-order chi connectivity index (χ1) is 8.33. The summed E-state index contributed by atoms with van der Waals surface area (Å²) in [6.07, 6.45) is 0. The van der Waals surface area contributed by atoms with E-state index in [2.05, 4.69) is 34.6 Å². The minimum Gasteiger partial charge on any atom is -0.390 e. The van der Waals surface area contributed by atoms with Crippen LogP contribution in [0.15, 0.2) is 42.5 Å². The van der Waals surface area contributed by atoms with E-state index in [1.54, 1.807) is 0 Å². The van der Waals surface area contributed by atoms with E-state index in [0.717, 1.165) is 17.8 Å². The maximum Gasteiger partial charge on any atom is 0.0853 e. The Kier molecular flexibility index (Phi) is 3.85. The Bertz CT molecular complexity index is 480. The summed E-state index contributed by atoms with van der Waals surface area (Å²) in [5, 5.41) is 12.2. The number of aliphatic hydroxyl groups is 1. The maximum atomic E-state index is 9.05. The third kappa shape index (κ3) is 2.90. The average Bonchev–Trinajstić information content (AvgIpc) is 2.40. The van der Waals surface area contributed by atoms with Crippen LogP contribution in [0.5, 0.6) is 0 Å². The van der Waals surface area contributed by atoms with E-state index < -0.39 is 0 Å². The van der Waals surface area contributed by atoms with Crippen LogP contribution < -0.4 is 5.32 Å². The van der Waals surface area contributed by atoms with Crippen LogP contribution in [0.4, 0.5) is 0 Å². The molecule has 0 saturated heterocycles. The van der Waals surface area contributed by atoms with Gasteiger partial charge in [0.15, 0.2) is 0 Å². The van der Waals surface area contributed by atoms with Gasteiger partial charge in [0.2, 0.25) is 0 Å². The molecule has 0 bridgehead atoms. The Balaban J connectivity index is 2.26. The summed E-state index contributed by atoms with van der Waals surface area (Å²) in [6.45, 7) is 0.843. The van der Waals surface area contributed by atoms with Gasteiger partial charge in [-0.2, -0.15) is 0 Å². The van der Waals surface area contributed by atoms with Crippen LogP contribution in [0.2, 0.25) is 0 Å². The third-order valence-corrected chi connectivity index (χ3v) is 2.60. The molecule has 0 amide bonds. The maximum absolute atomic E-state index is 9.05. The predicted molar refractivity (Wildman–Crippen MR) is 68.4 cm³/mol. The SMILES string of the molecule is CNCc1ccc(-c2cccc(CO)n2)cc1. The van der Waals surface area contributed by atoms with Crippen molar-refractivity contribution >= 4 is 0 Å². The van der Waals surface area contributed by atoms with Gasteiger partial charge in [0.25, 0.3) is 0 Å². The van der Waals surface area contributed by atoms with Crippen molar-refractivity contribution in [2.75, 3.05) is 7.05 Å². The molecule has 3 nitrogen and oxygen atoms in total. The highest BCUT2D eigenvalue weighted by molar-refractivity contribution is 5.59. The molecule has 0 aliphatic rings. The molecule has 0 unspecified atom stereocenters. The van der Waals surface area contributed by atoms with Gasteiger partial charge in [-0.1, -0.05) is 30.3 Å². The summed E-state index contributed by atoms with van der Waals surface area (Å²) < 4.78 is 0. The van der Waals surface area contributed by atoms with E-state index in [-0.39, 0.29) is 6.61 Å². The van der Waals surface area contributed by atoms with Crippen molar-refractivity contribution in [2.24, 2.45) is 0 Å². The fourth-order valence-electron chi connectivity index (χ4n) is 1.73. The van der Waals surface area contributed by atoms with Gasteiger partial charge in [0, 0.05) is 12.1 Å². The number of benzene rings is 1. The normalized spacial score (nSPS) is 10.5. The van der Waals surface area contributed by atoms with Crippen molar-refractivity contribution < 1.29 is 5.11 Å². The zero-order valence-electron chi connectivity index (χ0n) is 9.85. The first-order valence-electron chi connectivity index (χ1n) is 5.64. The van der Waals surface area contributed by atoms with Crippen molar-refractivity contribution in [1.29, 1.82) is 0 Å². The highest BCUT2D eigenvalue weighted by Gasteiger charge is 2.00. The molecule has 0 aliphatic carbocycles. The number of nitrogens with zero attached hydrogens (tertiary/aromatic N) is 1. The Morgan fingerprint density at radius 2 is 1.88 bits per heavy atom. The molecule has 1 heterocycles. The second kappa shape index (κ2) is 5.57. The van der Waals surface area contributed by atoms with Crippen LogP contribution >= 0.6 is 0 Å². The lowest BCUT2D eigenvalue weighted by molar-refractivity contribution is 0.277. The Labute approximate surface area is 101 Å². The van der Waals surface area contributed by atoms with Gasteiger partial charge in [-0.25, -0.2) is 0 Å². The molecule has 0 saturated carbocycles. The number of rotatable bonds is 4. The van der Waals surface area contributed by atoms with Gasteiger partial charge in [-0.3, -0.25) is 4.98 Å². The summed E-state index contributed by atoms with van der Waals surface area (Å²) >= 11 is 0. The van der Waals surface area contributed by atoms with Crippen LogP contribution in [0.25, 0.3) is 11.3 Å². The van der Waals surface area contributed by atoms with E-state index in [9.17, 15) is 0 Å². The van der Waals surface area contributed by atoms with Gasteiger partial charge in [-0.15, -0.1) is 0 Å². The monoisotopic (exact) mass is 228 g/mol. The van der Waals surface area contributed by atoms with Crippen LogP contribution in [0.3, 0.4) is 0 Å². The largest absolute Gasteiger partial charge is 0.390 e. The van der Waals surface area contributed by atoms with Crippen LogP contribution in [0, 0.1) is 0 Å². The van der Waals surface area contributed by atoms with Crippen molar-refractivity contribution in [3.8, 4) is 11.3 Å². The van der Waals surface area contributed by atoms with E-state index in [4.69, 9.17) is 5.11 Å². The second-order valence-corrected chi connectivity index (χ2v) is 3.90. The number of aromatic nitrogens is 1. The molecule has 0 fully saturated rings. The van der Waals surface area contributed by atoms with Crippen molar-refractivity contribution in [1.82, 2.24) is 10.3 Å². The summed E-state index contributed by atoms with van der Waals surface area (Å²) in [5.74, 6) is 0. The zero-order chi connectivity index (χ0) is 12.1. The predicted octanol–water partition coefficient (Wildman–Crippen LogP) is 1.96. The van der Waals surface area contributed by atoms with Gasteiger partial charge >= 0.3 is 0 Å². The molecule has 2 N–H and O–H groups in total. The third-order valence-electron chi connectivity index (χ3n) is 2.60. The minimum absolute atomic E-state index is 0.0221. The fraction of sp³-hybridized carbons (Fsp3) is 0.214. The van der Waals surface area contributed by atoms with Crippen LogP contribution in [0.1, 0.15) is 11.3 Å². The van der Waals surface area contributed by atoms with Gasteiger partial charge in [-0.05, 0) is 24.7 Å². The summed E-state index contributed by atoms with van der Waals surface area (Å²) in [6, 6.07) is 13.9. The van der Waals surface area contributed by atoms with Crippen molar-refractivity contribution in [3.05, 3.63) is 53.7 Å². The first-order valence-corrected chi connectivity index (χ1v) is 5.64. The molecule has 88 valence electrons. The van der Waals surface area contributed by atoms with E-state index in [0.29, 0.717) is 5.69 Å². The summed E-state index contributed by atoms with van der Waals surface area (Å²) in [7, 11) is 1.93. The molecule has 0 spiro atoms. The summed E-state index contributed by atoms with van der Waals surface area (Å²) in [5.41, 5.74) is 3.91. The van der Waals surface area contributed by atoms with E-state index in [1.165, 1.54) is 5.56 Å². The lowest BCUT2D eigenvalue weighted by Crippen LogP contribution is -2.04. The van der Waals surface area contributed by atoms with Gasteiger partial charge < -0.3 is 10.4 Å². The molecule has 0 aliphatic heterocycles. The molecule has 1 aromatic heterocycles. The molecule has 17 heavy (non-hydrogen) atoms. The molecule has 0 radical (unpaired) electrons. The number of aliphatic hydroxyl groups excluding tert-OH is 1. The average molecular weight is 228 g/mol. The number of hydrogen-bond acceptors (Lipinski definition) is 3. The second-order valence-electron chi connectivity index (χ2n) is 3.90. The van der Waals surface area contributed by atoms with Crippen LogP contribution in [-0.2, 0) is 13.2 Å². The van der Waals surface area contributed by atoms with Gasteiger partial charge in [0.1, 0.15) is 0 Å². The quantitative estimate of drug-likeness (QED) is 0.841. The number of nitrogens with one attached hydrogen (secondary N) is 1. The summed E-state index contributed by atoms with van der Waals surface area (Å²) in [4.78, 5) is 4.37. The Morgan fingerprint density at radius 3 is 2.53 bits per heavy atom. The lowest BCUT2D eigenvalue weighted by Gasteiger charge is -2.04. The van der Waals surface area contributed by atoms with Crippen molar-refractivity contribution in [3.63, 3.8) is 0 Å². The fourth-order valence-corrected chi connectivity index (χ4v) is 1.73. The number of pyridine rings is 1. The molecular formula is C14H16N2O. The highest BCUT2D eigenvalue weighted by Crippen LogP contribution is 2.17. The van der Waals surface area contributed by atoms with Gasteiger partial charge in [0.05, 0.1) is 18.0 Å². The topological polar surface area (TPSA) is 45.1 Å². The Morgan fingerprint density at radius 1 is 1.12 bits per heavy atom. The molecule has 3 heteroatoms. The van der Waals surface area contributed by atoms with Crippen LogP contribution in [-0.4, -0.2) is 17.1 Å². The molecule has 1 aromatic carbocycles. The Hall–Kier alpha value is -1.71. The highest BCUT2D eigenvalue weighted by atomic mass is 16.3.